The molecule has 2 fully saturated rings. The number of carbonyl (C=O) groups is 2. The van der Waals surface area contributed by atoms with Crippen LogP contribution >= 0.6 is 0 Å². The van der Waals surface area contributed by atoms with Gasteiger partial charge in [0.05, 0.1) is 39.2 Å². The topological polar surface area (TPSA) is 114 Å². The normalized spacial score (nSPS) is 23.3. The molecular weight excluding hydrogens is 432 g/mol. The Bertz CT molecular complexity index is 948. The zero-order valence-electron chi connectivity index (χ0n) is 18.3. The number of ether oxygens (including phenoxy) is 6. The summed E-state index contributed by atoms with van der Waals surface area (Å²) in [5.74, 6) is 1.38. The van der Waals surface area contributed by atoms with E-state index in [4.69, 9.17) is 28.4 Å². The van der Waals surface area contributed by atoms with Gasteiger partial charge in [-0.15, -0.1) is 0 Å². The molecule has 0 spiro atoms. The van der Waals surface area contributed by atoms with E-state index in [9.17, 15) is 9.59 Å². The SMILES string of the molecule is COc1cc(NC(=O)O[C@@H]2CO[C@H]3[C@@H]2OC[C@@H]3NC(=O)COc2ccccc2)cc(OC)c1. The first-order chi connectivity index (χ1) is 16.1. The van der Waals surface area contributed by atoms with Crippen LogP contribution in [-0.4, -0.2) is 70.4 Å². The van der Waals surface area contributed by atoms with Gasteiger partial charge in [-0.1, -0.05) is 18.2 Å². The Morgan fingerprint density at radius 2 is 1.64 bits per heavy atom. The van der Waals surface area contributed by atoms with E-state index in [0.29, 0.717) is 22.9 Å². The molecule has 0 aliphatic carbocycles. The molecular formula is C23H26N2O8. The molecule has 0 saturated carbocycles. The summed E-state index contributed by atoms with van der Waals surface area (Å²) in [5.41, 5.74) is 0.461. The minimum Gasteiger partial charge on any atom is -0.497 e. The van der Waals surface area contributed by atoms with Crippen LogP contribution in [0.4, 0.5) is 10.5 Å². The van der Waals surface area contributed by atoms with Crippen LogP contribution in [0.15, 0.2) is 48.5 Å². The summed E-state index contributed by atoms with van der Waals surface area (Å²) in [6.45, 7) is 0.294. The van der Waals surface area contributed by atoms with Crippen molar-refractivity contribution in [2.75, 3.05) is 39.4 Å². The van der Waals surface area contributed by atoms with Gasteiger partial charge in [-0.25, -0.2) is 4.79 Å². The maximum absolute atomic E-state index is 12.4. The van der Waals surface area contributed by atoms with E-state index in [2.05, 4.69) is 10.6 Å². The molecule has 10 heteroatoms. The van der Waals surface area contributed by atoms with E-state index in [1.54, 1.807) is 30.3 Å². The fourth-order valence-electron chi connectivity index (χ4n) is 3.77. The Kier molecular flexibility index (Phi) is 7.16. The number of methoxy groups -OCH3 is 2. The van der Waals surface area contributed by atoms with Crippen molar-refractivity contribution in [3.05, 3.63) is 48.5 Å². The third-order valence-electron chi connectivity index (χ3n) is 5.32. The maximum Gasteiger partial charge on any atom is 0.412 e. The van der Waals surface area contributed by atoms with Crippen molar-refractivity contribution in [1.29, 1.82) is 0 Å². The number of nitrogens with one attached hydrogen (secondary N) is 2. The Hall–Kier alpha value is -3.50. The van der Waals surface area contributed by atoms with Gasteiger partial charge in [-0.2, -0.15) is 0 Å². The van der Waals surface area contributed by atoms with Crippen LogP contribution in [-0.2, 0) is 19.0 Å². The summed E-state index contributed by atoms with van der Waals surface area (Å²) in [5, 5.41) is 5.52. The molecule has 33 heavy (non-hydrogen) atoms. The minimum atomic E-state index is -0.660. The number of fused-ring (bicyclic) bond motifs is 1. The predicted octanol–water partition coefficient (Wildman–Crippen LogP) is 1.98. The Labute approximate surface area is 191 Å². The van der Waals surface area contributed by atoms with E-state index >= 15 is 0 Å². The zero-order valence-corrected chi connectivity index (χ0v) is 18.3. The summed E-state index contributed by atoms with van der Waals surface area (Å²) in [4.78, 5) is 24.7. The molecule has 0 bridgehead atoms. The second-order valence-corrected chi connectivity index (χ2v) is 7.54. The molecule has 2 aliphatic heterocycles. The average Bonchev–Trinajstić information content (AvgIpc) is 3.41. The lowest BCUT2D eigenvalue weighted by atomic mass is 10.1. The monoisotopic (exact) mass is 458 g/mol. The maximum atomic E-state index is 12.4. The number of para-hydroxylation sites is 1. The fourth-order valence-corrected chi connectivity index (χ4v) is 3.77. The molecule has 2 N–H and O–H groups in total. The summed E-state index contributed by atoms with van der Waals surface area (Å²) in [6.07, 6.45) is -2.16. The lowest BCUT2D eigenvalue weighted by Crippen LogP contribution is -2.46. The molecule has 4 atom stereocenters. The van der Waals surface area contributed by atoms with E-state index in [-0.39, 0.29) is 31.8 Å². The van der Waals surface area contributed by atoms with Crippen molar-refractivity contribution in [3.63, 3.8) is 0 Å². The van der Waals surface area contributed by atoms with Crippen molar-refractivity contribution in [2.45, 2.75) is 24.4 Å². The fraction of sp³-hybridized carbons (Fsp3) is 0.391. The molecule has 2 aromatic carbocycles. The number of anilines is 1. The van der Waals surface area contributed by atoms with Gasteiger partial charge in [0.1, 0.15) is 29.5 Å². The summed E-state index contributed by atoms with van der Waals surface area (Å²) in [6, 6.07) is 13.7. The van der Waals surface area contributed by atoms with Gasteiger partial charge in [-0.3, -0.25) is 10.1 Å². The molecule has 2 saturated heterocycles. The molecule has 0 radical (unpaired) electrons. The summed E-state index contributed by atoms with van der Waals surface area (Å²) in [7, 11) is 3.04. The van der Waals surface area contributed by atoms with Crippen molar-refractivity contribution >= 4 is 17.7 Å². The van der Waals surface area contributed by atoms with Crippen LogP contribution in [0, 0.1) is 0 Å². The molecule has 0 aromatic heterocycles. The summed E-state index contributed by atoms with van der Waals surface area (Å²) < 4.78 is 32.9. The first-order valence-electron chi connectivity index (χ1n) is 10.5. The molecule has 2 aromatic rings. The van der Waals surface area contributed by atoms with Crippen LogP contribution in [0.3, 0.4) is 0 Å². The Morgan fingerprint density at radius 3 is 2.33 bits per heavy atom. The van der Waals surface area contributed by atoms with Crippen molar-refractivity contribution in [1.82, 2.24) is 5.32 Å². The van der Waals surface area contributed by atoms with Crippen molar-refractivity contribution in [2.24, 2.45) is 0 Å². The van der Waals surface area contributed by atoms with Gasteiger partial charge in [0.25, 0.3) is 5.91 Å². The van der Waals surface area contributed by atoms with E-state index in [1.165, 1.54) is 14.2 Å². The molecule has 10 nitrogen and oxygen atoms in total. The average molecular weight is 458 g/mol. The Balaban J connectivity index is 1.26. The number of carbonyl (C=O) groups excluding carboxylic acids is 2. The highest BCUT2D eigenvalue weighted by molar-refractivity contribution is 5.85. The predicted molar refractivity (Wildman–Crippen MR) is 117 cm³/mol. The number of amides is 2. The molecule has 0 unspecified atom stereocenters. The van der Waals surface area contributed by atoms with Gasteiger partial charge in [0, 0.05) is 18.2 Å². The molecule has 2 heterocycles. The first-order valence-corrected chi connectivity index (χ1v) is 10.5. The third-order valence-corrected chi connectivity index (χ3v) is 5.32. The number of rotatable bonds is 8. The standard InChI is InChI=1S/C23H26N2O8/c1-28-16-8-14(9-17(10-16)29-2)24-23(27)33-19-12-32-21-18(11-31-22(19)21)25-20(26)13-30-15-6-4-3-5-7-15/h3-10,18-19,21-22H,11-13H2,1-2H3,(H,24,27)(H,25,26)/t18-,19+,21+,22+/m0/s1. The van der Waals surface area contributed by atoms with Crippen LogP contribution < -0.4 is 24.8 Å². The van der Waals surface area contributed by atoms with Gasteiger partial charge < -0.3 is 33.7 Å². The second-order valence-electron chi connectivity index (χ2n) is 7.54. The lowest BCUT2D eigenvalue weighted by molar-refractivity contribution is -0.124. The van der Waals surface area contributed by atoms with Gasteiger partial charge >= 0.3 is 6.09 Å². The first kappa shape index (κ1) is 22.7. The number of hydrogen-bond donors (Lipinski definition) is 2. The highest BCUT2D eigenvalue weighted by Gasteiger charge is 2.50. The molecule has 4 rings (SSSR count). The van der Waals surface area contributed by atoms with Crippen molar-refractivity contribution in [3.8, 4) is 17.2 Å². The molecule has 176 valence electrons. The molecule has 2 aliphatic rings. The van der Waals surface area contributed by atoms with Crippen LogP contribution in [0.5, 0.6) is 17.2 Å². The highest BCUT2D eigenvalue weighted by atomic mass is 16.6. The largest absolute Gasteiger partial charge is 0.497 e. The van der Waals surface area contributed by atoms with E-state index < -0.39 is 24.4 Å². The van der Waals surface area contributed by atoms with Crippen LogP contribution in [0.25, 0.3) is 0 Å². The lowest BCUT2D eigenvalue weighted by Gasteiger charge is -2.18. The van der Waals surface area contributed by atoms with Gasteiger partial charge in [0.15, 0.2) is 12.7 Å². The quantitative estimate of drug-likeness (QED) is 0.618. The van der Waals surface area contributed by atoms with E-state index in [1.807, 2.05) is 18.2 Å². The van der Waals surface area contributed by atoms with Gasteiger partial charge in [0.2, 0.25) is 0 Å². The smallest absolute Gasteiger partial charge is 0.412 e. The van der Waals surface area contributed by atoms with Crippen LogP contribution in [0.1, 0.15) is 0 Å². The highest BCUT2D eigenvalue weighted by Crippen LogP contribution is 2.30. The summed E-state index contributed by atoms with van der Waals surface area (Å²) >= 11 is 0. The number of benzene rings is 2. The van der Waals surface area contributed by atoms with Crippen molar-refractivity contribution < 1.29 is 38.0 Å². The van der Waals surface area contributed by atoms with E-state index in [0.717, 1.165) is 0 Å². The third kappa shape index (κ3) is 5.65. The van der Waals surface area contributed by atoms with Gasteiger partial charge in [-0.05, 0) is 12.1 Å². The van der Waals surface area contributed by atoms with Crippen LogP contribution in [0.2, 0.25) is 0 Å². The zero-order chi connectivity index (χ0) is 23.2. The second kappa shape index (κ2) is 10.4. The molecule has 2 amide bonds. The Morgan fingerprint density at radius 1 is 0.939 bits per heavy atom. The minimum absolute atomic E-state index is 0.121. The number of hydrogen-bond acceptors (Lipinski definition) is 8.